The summed E-state index contributed by atoms with van der Waals surface area (Å²) in [7, 11) is 0. The zero-order valence-corrected chi connectivity index (χ0v) is 12.7. The molecule has 116 valence electrons. The number of nitrogens with zero attached hydrogens (tertiary/aromatic N) is 1. The van der Waals surface area contributed by atoms with E-state index >= 15 is 0 Å². The van der Waals surface area contributed by atoms with Crippen molar-refractivity contribution in [1.82, 2.24) is 5.32 Å². The van der Waals surface area contributed by atoms with E-state index in [4.69, 9.17) is 4.74 Å². The molecule has 0 spiro atoms. The Kier molecular flexibility index (Phi) is 5.16. The summed E-state index contributed by atoms with van der Waals surface area (Å²) < 4.78 is 5.17. The first-order chi connectivity index (χ1) is 10.6. The van der Waals surface area contributed by atoms with E-state index in [-0.39, 0.29) is 0 Å². The lowest BCUT2D eigenvalue weighted by Crippen LogP contribution is -2.52. The molecule has 1 fully saturated rings. The molecule has 5 heteroatoms. The predicted molar refractivity (Wildman–Crippen MR) is 80.9 cm³/mol. The summed E-state index contributed by atoms with van der Waals surface area (Å²) in [5.74, 6) is -0.967. The maximum Gasteiger partial charge on any atom is 0.338 e. The fraction of sp³-hybridized carbons (Fsp3) is 0.471. The molecule has 1 aromatic carbocycles. The summed E-state index contributed by atoms with van der Waals surface area (Å²) >= 11 is 0. The molecule has 0 bridgehead atoms. The van der Waals surface area contributed by atoms with Gasteiger partial charge in [-0.05, 0) is 31.9 Å². The standard InChI is InChI=1S/C17H20N2O3/c1-13(22-16(21)14-8-4-2-5-9-14)15(20)19-17(12-18)10-6-3-7-11-17/h2,4-5,8-9,13H,3,6-7,10-11H2,1H3,(H,19,20)/t13-/m1/s1. The van der Waals surface area contributed by atoms with Crippen LogP contribution in [0.15, 0.2) is 30.3 Å². The highest BCUT2D eigenvalue weighted by molar-refractivity contribution is 5.92. The predicted octanol–water partition coefficient (Wildman–Crippen LogP) is 2.57. The van der Waals surface area contributed by atoms with Gasteiger partial charge < -0.3 is 10.1 Å². The lowest BCUT2D eigenvalue weighted by molar-refractivity contribution is -0.130. The minimum Gasteiger partial charge on any atom is -0.449 e. The number of esters is 1. The number of nitriles is 1. The van der Waals surface area contributed by atoms with Crippen molar-refractivity contribution in [2.45, 2.75) is 50.7 Å². The minimum atomic E-state index is -0.931. The van der Waals surface area contributed by atoms with Gasteiger partial charge in [-0.1, -0.05) is 37.5 Å². The number of carbonyl (C=O) groups is 2. The van der Waals surface area contributed by atoms with Gasteiger partial charge in [0, 0.05) is 0 Å². The van der Waals surface area contributed by atoms with E-state index in [1.54, 1.807) is 30.3 Å². The first kappa shape index (κ1) is 16.0. The summed E-state index contributed by atoms with van der Waals surface area (Å²) in [6.07, 6.45) is 3.29. The van der Waals surface area contributed by atoms with E-state index in [1.165, 1.54) is 6.92 Å². The normalized spacial score (nSPS) is 17.8. The van der Waals surface area contributed by atoms with Crippen LogP contribution in [-0.2, 0) is 9.53 Å². The molecular weight excluding hydrogens is 280 g/mol. The van der Waals surface area contributed by atoms with Crippen LogP contribution in [0, 0.1) is 11.3 Å². The van der Waals surface area contributed by atoms with E-state index in [0.29, 0.717) is 18.4 Å². The van der Waals surface area contributed by atoms with Gasteiger partial charge in [-0.2, -0.15) is 5.26 Å². The molecule has 1 aliphatic carbocycles. The molecule has 22 heavy (non-hydrogen) atoms. The fourth-order valence-electron chi connectivity index (χ4n) is 2.61. The molecule has 0 radical (unpaired) electrons. The van der Waals surface area contributed by atoms with Gasteiger partial charge in [-0.3, -0.25) is 4.79 Å². The molecule has 0 saturated heterocycles. The van der Waals surface area contributed by atoms with Crippen LogP contribution in [-0.4, -0.2) is 23.5 Å². The topological polar surface area (TPSA) is 79.2 Å². The fourth-order valence-corrected chi connectivity index (χ4v) is 2.61. The van der Waals surface area contributed by atoms with E-state index < -0.39 is 23.5 Å². The second kappa shape index (κ2) is 7.08. The van der Waals surface area contributed by atoms with Crippen molar-refractivity contribution >= 4 is 11.9 Å². The molecule has 1 aromatic rings. The van der Waals surface area contributed by atoms with Crippen LogP contribution in [0.5, 0.6) is 0 Å². The molecule has 5 nitrogen and oxygen atoms in total. The minimum absolute atomic E-state index is 0.398. The zero-order chi connectivity index (χ0) is 16.0. The van der Waals surface area contributed by atoms with Crippen molar-refractivity contribution in [3.63, 3.8) is 0 Å². The summed E-state index contributed by atoms with van der Waals surface area (Å²) in [5.41, 5.74) is -0.419. The zero-order valence-electron chi connectivity index (χ0n) is 12.7. The summed E-state index contributed by atoms with van der Waals surface area (Å²) in [6, 6.07) is 10.7. The highest BCUT2D eigenvalue weighted by atomic mass is 16.5. The number of nitrogens with one attached hydrogen (secondary N) is 1. The number of hydrogen-bond acceptors (Lipinski definition) is 4. The Labute approximate surface area is 130 Å². The SMILES string of the molecule is C[C@@H](OC(=O)c1ccccc1)C(=O)NC1(C#N)CCCCC1. The van der Waals surface area contributed by atoms with Crippen LogP contribution >= 0.6 is 0 Å². The maximum atomic E-state index is 12.2. The highest BCUT2D eigenvalue weighted by Gasteiger charge is 2.35. The molecule has 0 aromatic heterocycles. The molecule has 0 unspecified atom stereocenters. The van der Waals surface area contributed by atoms with Crippen LogP contribution < -0.4 is 5.32 Å². The Balaban J connectivity index is 1.94. The molecular formula is C17H20N2O3. The lowest BCUT2D eigenvalue weighted by Gasteiger charge is -2.32. The van der Waals surface area contributed by atoms with Gasteiger partial charge in [0.2, 0.25) is 0 Å². The van der Waals surface area contributed by atoms with Gasteiger partial charge in [0.1, 0.15) is 5.54 Å². The van der Waals surface area contributed by atoms with Crippen LogP contribution in [0.25, 0.3) is 0 Å². The van der Waals surface area contributed by atoms with Crippen molar-refractivity contribution in [2.24, 2.45) is 0 Å². The average molecular weight is 300 g/mol. The number of carbonyl (C=O) groups excluding carboxylic acids is 2. The van der Waals surface area contributed by atoms with Crippen LogP contribution in [0.3, 0.4) is 0 Å². The first-order valence-electron chi connectivity index (χ1n) is 7.56. The van der Waals surface area contributed by atoms with Gasteiger partial charge in [-0.25, -0.2) is 4.79 Å². The third-order valence-corrected chi connectivity index (χ3v) is 3.95. The Morgan fingerprint density at radius 2 is 1.86 bits per heavy atom. The summed E-state index contributed by atoms with van der Waals surface area (Å²) in [5, 5.41) is 12.1. The van der Waals surface area contributed by atoms with Gasteiger partial charge >= 0.3 is 5.97 Å². The highest BCUT2D eigenvalue weighted by Crippen LogP contribution is 2.27. The van der Waals surface area contributed by atoms with E-state index in [2.05, 4.69) is 11.4 Å². The van der Waals surface area contributed by atoms with Crippen LogP contribution in [0.1, 0.15) is 49.4 Å². The average Bonchev–Trinajstić information content (AvgIpc) is 2.56. The molecule has 1 aliphatic rings. The monoisotopic (exact) mass is 300 g/mol. The Hall–Kier alpha value is -2.35. The molecule has 0 aliphatic heterocycles. The van der Waals surface area contributed by atoms with Crippen molar-refractivity contribution in [2.75, 3.05) is 0 Å². The van der Waals surface area contributed by atoms with Crippen LogP contribution in [0.4, 0.5) is 0 Å². The first-order valence-corrected chi connectivity index (χ1v) is 7.56. The van der Waals surface area contributed by atoms with Gasteiger partial charge in [0.05, 0.1) is 11.6 Å². The second-order valence-electron chi connectivity index (χ2n) is 5.66. The molecule has 0 heterocycles. The van der Waals surface area contributed by atoms with E-state index in [9.17, 15) is 14.9 Å². The number of hydrogen-bond donors (Lipinski definition) is 1. The van der Waals surface area contributed by atoms with Gasteiger partial charge in [0.15, 0.2) is 6.10 Å². The largest absolute Gasteiger partial charge is 0.449 e. The van der Waals surface area contributed by atoms with Gasteiger partial charge in [-0.15, -0.1) is 0 Å². The van der Waals surface area contributed by atoms with Crippen molar-refractivity contribution in [3.05, 3.63) is 35.9 Å². The van der Waals surface area contributed by atoms with E-state index in [1.807, 2.05) is 0 Å². The molecule has 1 amide bonds. The Morgan fingerprint density at radius 1 is 1.23 bits per heavy atom. The van der Waals surface area contributed by atoms with E-state index in [0.717, 1.165) is 19.3 Å². The quantitative estimate of drug-likeness (QED) is 0.867. The molecule has 1 N–H and O–H groups in total. The lowest BCUT2D eigenvalue weighted by atomic mass is 9.83. The van der Waals surface area contributed by atoms with Crippen molar-refractivity contribution < 1.29 is 14.3 Å². The maximum absolute atomic E-state index is 12.2. The van der Waals surface area contributed by atoms with Crippen molar-refractivity contribution in [3.8, 4) is 6.07 Å². The number of benzene rings is 1. The number of rotatable bonds is 4. The third kappa shape index (κ3) is 3.85. The van der Waals surface area contributed by atoms with Crippen molar-refractivity contribution in [1.29, 1.82) is 5.26 Å². The molecule has 2 rings (SSSR count). The Morgan fingerprint density at radius 3 is 2.45 bits per heavy atom. The number of ether oxygens (including phenoxy) is 1. The smallest absolute Gasteiger partial charge is 0.338 e. The summed E-state index contributed by atoms with van der Waals surface area (Å²) in [6.45, 7) is 1.52. The summed E-state index contributed by atoms with van der Waals surface area (Å²) in [4.78, 5) is 24.1. The molecule has 1 atom stereocenters. The number of amides is 1. The van der Waals surface area contributed by atoms with Crippen LogP contribution in [0.2, 0.25) is 0 Å². The second-order valence-corrected chi connectivity index (χ2v) is 5.66. The Bertz CT molecular complexity index is 571. The third-order valence-electron chi connectivity index (χ3n) is 3.95. The molecule has 1 saturated carbocycles. The van der Waals surface area contributed by atoms with Gasteiger partial charge in [0.25, 0.3) is 5.91 Å².